The fourth-order valence-electron chi connectivity index (χ4n) is 2.23. The van der Waals surface area contributed by atoms with Crippen molar-refractivity contribution in [2.24, 2.45) is 0 Å². The summed E-state index contributed by atoms with van der Waals surface area (Å²) in [6, 6.07) is 6.16. The first-order valence-electron chi connectivity index (χ1n) is 5.78. The van der Waals surface area contributed by atoms with E-state index in [-0.39, 0.29) is 0 Å². The zero-order chi connectivity index (χ0) is 12.3. The summed E-state index contributed by atoms with van der Waals surface area (Å²) in [7, 11) is 2.05. The van der Waals surface area contributed by atoms with E-state index in [4.69, 9.17) is 22.8 Å². The Bertz CT molecular complexity index is 438. The summed E-state index contributed by atoms with van der Waals surface area (Å²) in [6.07, 6.45) is 7.47. The summed E-state index contributed by atoms with van der Waals surface area (Å²) in [5.41, 5.74) is 1.18. The van der Waals surface area contributed by atoms with Crippen molar-refractivity contribution in [2.45, 2.75) is 18.9 Å². The van der Waals surface area contributed by atoms with Crippen LogP contribution in [0.2, 0.25) is 5.02 Å². The largest absolute Gasteiger partial charge is 0.493 e. The van der Waals surface area contributed by atoms with Crippen molar-refractivity contribution in [3.05, 3.63) is 28.8 Å². The van der Waals surface area contributed by atoms with Gasteiger partial charge in [0.15, 0.2) is 0 Å². The van der Waals surface area contributed by atoms with E-state index in [0.717, 1.165) is 25.2 Å². The monoisotopic (exact) mass is 249 g/mol. The first kappa shape index (κ1) is 12.3. The van der Waals surface area contributed by atoms with E-state index in [1.54, 1.807) is 0 Å². The van der Waals surface area contributed by atoms with Crippen LogP contribution < -0.4 is 4.74 Å². The SMILES string of the molecule is C#CCN(C)C1CCCOc2cc(Cl)ccc21. The number of fused-ring (bicyclic) bond motifs is 1. The van der Waals surface area contributed by atoms with Crippen LogP contribution in [0.15, 0.2) is 18.2 Å². The fourth-order valence-corrected chi connectivity index (χ4v) is 2.40. The Morgan fingerprint density at radius 3 is 3.18 bits per heavy atom. The Kier molecular flexibility index (Phi) is 3.93. The molecule has 1 aliphatic rings. The van der Waals surface area contributed by atoms with Crippen molar-refractivity contribution in [3.63, 3.8) is 0 Å². The summed E-state index contributed by atoms with van der Waals surface area (Å²) >= 11 is 5.99. The maximum absolute atomic E-state index is 5.99. The molecule has 0 fully saturated rings. The normalized spacial score (nSPS) is 19.1. The third-order valence-corrected chi connectivity index (χ3v) is 3.32. The third kappa shape index (κ3) is 2.74. The van der Waals surface area contributed by atoms with Gasteiger partial charge >= 0.3 is 0 Å². The van der Waals surface area contributed by atoms with Gasteiger partial charge in [0.05, 0.1) is 13.2 Å². The third-order valence-electron chi connectivity index (χ3n) is 3.09. The van der Waals surface area contributed by atoms with E-state index in [1.807, 2.05) is 25.2 Å². The lowest BCUT2D eigenvalue weighted by Gasteiger charge is -2.26. The number of hydrogen-bond donors (Lipinski definition) is 0. The number of ether oxygens (including phenoxy) is 1. The second-order valence-corrected chi connectivity index (χ2v) is 4.74. The van der Waals surface area contributed by atoms with Crippen LogP contribution in [0.3, 0.4) is 0 Å². The number of rotatable bonds is 2. The van der Waals surface area contributed by atoms with E-state index >= 15 is 0 Å². The van der Waals surface area contributed by atoms with E-state index in [1.165, 1.54) is 5.56 Å². The molecule has 90 valence electrons. The van der Waals surface area contributed by atoms with Crippen molar-refractivity contribution in [2.75, 3.05) is 20.2 Å². The summed E-state index contributed by atoms with van der Waals surface area (Å²) in [4.78, 5) is 2.18. The smallest absolute Gasteiger partial charge is 0.125 e. The van der Waals surface area contributed by atoms with E-state index in [0.29, 0.717) is 17.6 Å². The minimum absolute atomic E-state index is 0.320. The molecule has 0 aromatic heterocycles. The Labute approximate surface area is 108 Å². The number of nitrogens with zero attached hydrogens (tertiary/aromatic N) is 1. The molecule has 0 saturated carbocycles. The Morgan fingerprint density at radius 2 is 2.41 bits per heavy atom. The van der Waals surface area contributed by atoms with Crippen LogP contribution in [0, 0.1) is 12.3 Å². The van der Waals surface area contributed by atoms with E-state index < -0.39 is 0 Å². The van der Waals surface area contributed by atoms with Crippen LogP contribution in [-0.2, 0) is 0 Å². The van der Waals surface area contributed by atoms with Crippen LogP contribution in [0.5, 0.6) is 5.75 Å². The maximum Gasteiger partial charge on any atom is 0.125 e. The summed E-state index contributed by atoms with van der Waals surface area (Å²) in [5.74, 6) is 3.58. The molecular weight excluding hydrogens is 234 g/mol. The highest BCUT2D eigenvalue weighted by molar-refractivity contribution is 6.30. The van der Waals surface area contributed by atoms with Crippen LogP contribution in [0.25, 0.3) is 0 Å². The van der Waals surface area contributed by atoms with Gasteiger partial charge in [0.2, 0.25) is 0 Å². The number of halogens is 1. The van der Waals surface area contributed by atoms with Crippen molar-refractivity contribution in [1.82, 2.24) is 4.90 Å². The predicted molar refractivity (Wildman–Crippen MR) is 70.4 cm³/mol. The highest BCUT2D eigenvalue weighted by Crippen LogP contribution is 2.36. The first-order valence-corrected chi connectivity index (χ1v) is 6.16. The summed E-state index contributed by atoms with van der Waals surface area (Å²) < 4.78 is 5.73. The molecule has 1 atom stereocenters. The van der Waals surface area contributed by atoms with Crippen LogP contribution >= 0.6 is 11.6 Å². The molecule has 0 N–H and O–H groups in total. The molecule has 0 spiro atoms. The zero-order valence-corrected chi connectivity index (χ0v) is 10.7. The molecule has 1 aromatic rings. The fraction of sp³-hybridized carbons (Fsp3) is 0.429. The average Bonchev–Trinajstić information content (AvgIpc) is 2.51. The Balaban J connectivity index is 2.33. The van der Waals surface area contributed by atoms with Gasteiger partial charge in [-0.1, -0.05) is 23.6 Å². The van der Waals surface area contributed by atoms with E-state index in [2.05, 4.69) is 10.8 Å². The van der Waals surface area contributed by atoms with Crippen molar-refractivity contribution < 1.29 is 4.74 Å². The molecule has 0 saturated heterocycles. The second kappa shape index (κ2) is 5.44. The molecule has 3 heteroatoms. The van der Waals surface area contributed by atoms with Gasteiger partial charge in [0, 0.05) is 16.6 Å². The topological polar surface area (TPSA) is 12.5 Å². The highest BCUT2D eigenvalue weighted by Gasteiger charge is 2.22. The Hall–Kier alpha value is -1.17. The Morgan fingerprint density at radius 1 is 1.59 bits per heavy atom. The molecular formula is C14H16ClNO. The average molecular weight is 250 g/mol. The quantitative estimate of drug-likeness (QED) is 0.747. The van der Waals surface area contributed by atoms with Crippen molar-refractivity contribution in [1.29, 1.82) is 0 Å². The van der Waals surface area contributed by atoms with Crippen molar-refractivity contribution in [3.8, 4) is 18.1 Å². The van der Waals surface area contributed by atoms with Gasteiger partial charge in [0.25, 0.3) is 0 Å². The first-order chi connectivity index (χ1) is 8.22. The van der Waals surface area contributed by atoms with Gasteiger partial charge in [0.1, 0.15) is 5.75 Å². The molecule has 0 aliphatic carbocycles. The second-order valence-electron chi connectivity index (χ2n) is 4.31. The molecule has 0 radical (unpaired) electrons. The highest BCUT2D eigenvalue weighted by atomic mass is 35.5. The van der Waals surface area contributed by atoms with Gasteiger partial charge in [-0.15, -0.1) is 6.42 Å². The molecule has 1 heterocycles. The zero-order valence-electron chi connectivity index (χ0n) is 9.95. The number of hydrogen-bond acceptors (Lipinski definition) is 2. The summed E-state index contributed by atoms with van der Waals surface area (Å²) in [6.45, 7) is 1.39. The molecule has 1 aliphatic heterocycles. The van der Waals surface area contributed by atoms with Gasteiger partial charge in [-0.05, 0) is 32.0 Å². The molecule has 17 heavy (non-hydrogen) atoms. The van der Waals surface area contributed by atoms with Gasteiger partial charge in [-0.3, -0.25) is 4.90 Å². The molecule has 1 unspecified atom stereocenters. The molecule has 2 rings (SSSR count). The lowest BCUT2D eigenvalue weighted by Crippen LogP contribution is -2.24. The lowest BCUT2D eigenvalue weighted by molar-refractivity contribution is 0.257. The number of terminal acetylenes is 1. The van der Waals surface area contributed by atoms with E-state index in [9.17, 15) is 0 Å². The van der Waals surface area contributed by atoms with Gasteiger partial charge in [-0.25, -0.2) is 0 Å². The minimum atomic E-state index is 0.320. The standard InChI is InChI=1S/C14H16ClNO/c1-3-8-16(2)13-5-4-9-17-14-10-11(15)6-7-12(13)14/h1,6-7,10,13H,4-5,8-9H2,2H3. The summed E-state index contributed by atoms with van der Waals surface area (Å²) in [5, 5.41) is 0.712. The van der Waals surface area contributed by atoms with Gasteiger partial charge in [-0.2, -0.15) is 0 Å². The molecule has 2 nitrogen and oxygen atoms in total. The predicted octanol–water partition coefficient (Wildman–Crippen LogP) is 3.12. The maximum atomic E-state index is 5.99. The van der Waals surface area contributed by atoms with Crippen LogP contribution in [0.1, 0.15) is 24.4 Å². The number of benzene rings is 1. The van der Waals surface area contributed by atoms with Crippen LogP contribution in [-0.4, -0.2) is 25.1 Å². The van der Waals surface area contributed by atoms with Crippen molar-refractivity contribution >= 4 is 11.6 Å². The minimum Gasteiger partial charge on any atom is -0.493 e. The molecule has 0 bridgehead atoms. The molecule has 1 aromatic carbocycles. The lowest BCUT2D eigenvalue weighted by atomic mass is 10.0. The van der Waals surface area contributed by atoms with Crippen LogP contribution in [0.4, 0.5) is 0 Å². The van der Waals surface area contributed by atoms with Gasteiger partial charge < -0.3 is 4.74 Å². The molecule has 0 amide bonds.